The first-order valence-corrected chi connectivity index (χ1v) is 4.96. The molecule has 0 aromatic heterocycles. The maximum Gasteiger partial charge on any atom is 0.309 e. The summed E-state index contributed by atoms with van der Waals surface area (Å²) in [4.78, 5) is 11.6. The van der Waals surface area contributed by atoms with E-state index >= 15 is 0 Å². The molecule has 5 heteroatoms. The highest BCUT2D eigenvalue weighted by atomic mass is 35.5. The highest BCUT2D eigenvalue weighted by Crippen LogP contribution is 2.27. The number of aliphatic hydroxyl groups excluding tert-OH is 1. The molecule has 0 unspecified atom stereocenters. The molecule has 1 saturated carbocycles. The van der Waals surface area contributed by atoms with Crippen molar-refractivity contribution in [2.45, 2.75) is 51.4 Å². The Morgan fingerprint density at radius 2 is 1.93 bits per heavy atom. The van der Waals surface area contributed by atoms with Crippen LogP contribution in [0.25, 0.3) is 0 Å². The van der Waals surface area contributed by atoms with Gasteiger partial charge in [-0.3, -0.25) is 4.79 Å². The van der Waals surface area contributed by atoms with Crippen LogP contribution in [0.4, 0.5) is 0 Å². The zero-order chi connectivity index (χ0) is 10.9. The van der Waals surface area contributed by atoms with Crippen molar-refractivity contribution in [3.8, 4) is 0 Å². The van der Waals surface area contributed by atoms with Crippen molar-refractivity contribution < 1.29 is 14.6 Å². The van der Waals surface area contributed by atoms with E-state index in [1.165, 1.54) is 0 Å². The second kappa shape index (κ2) is 5.14. The molecule has 0 aromatic carbocycles. The molecule has 0 heterocycles. The molecule has 90 valence electrons. The van der Waals surface area contributed by atoms with Gasteiger partial charge < -0.3 is 15.6 Å². The molecular weight excluding hydrogens is 218 g/mol. The Balaban J connectivity index is 0.00000196. The minimum absolute atomic E-state index is 0. The number of halogens is 1. The van der Waals surface area contributed by atoms with Gasteiger partial charge in [0, 0.05) is 6.04 Å². The van der Waals surface area contributed by atoms with E-state index in [2.05, 4.69) is 0 Å². The number of hydrogen-bond acceptors (Lipinski definition) is 4. The van der Waals surface area contributed by atoms with Crippen molar-refractivity contribution in [3.63, 3.8) is 0 Å². The normalized spacial score (nSPS) is 30.9. The van der Waals surface area contributed by atoms with Gasteiger partial charge in [0.25, 0.3) is 0 Å². The van der Waals surface area contributed by atoms with Crippen LogP contribution in [0.15, 0.2) is 0 Å². The minimum atomic E-state index is -0.562. The lowest BCUT2D eigenvalue weighted by Gasteiger charge is -2.21. The third-order valence-electron chi connectivity index (χ3n) is 2.32. The van der Waals surface area contributed by atoms with Gasteiger partial charge in [0.05, 0.1) is 12.0 Å². The van der Waals surface area contributed by atoms with Gasteiger partial charge in [-0.15, -0.1) is 12.4 Å². The zero-order valence-electron chi connectivity index (χ0n) is 9.40. The van der Waals surface area contributed by atoms with Crippen LogP contribution >= 0.6 is 12.4 Å². The van der Waals surface area contributed by atoms with Gasteiger partial charge in [-0.25, -0.2) is 0 Å². The van der Waals surface area contributed by atoms with E-state index < -0.39 is 11.7 Å². The first-order chi connectivity index (χ1) is 6.29. The molecule has 15 heavy (non-hydrogen) atoms. The summed E-state index contributed by atoms with van der Waals surface area (Å²) in [5.74, 6) is -0.483. The molecule has 1 aliphatic carbocycles. The van der Waals surface area contributed by atoms with Crippen molar-refractivity contribution in [2.75, 3.05) is 0 Å². The van der Waals surface area contributed by atoms with E-state index in [0.29, 0.717) is 12.8 Å². The van der Waals surface area contributed by atoms with E-state index in [-0.39, 0.29) is 30.3 Å². The van der Waals surface area contributed by atoms with Crippen LogP contribution in [0.5, 0.6) is 0 Å². The monoisotopic (exact) mass is 237 g/mol. The molecule has 1 fully saturated rings. The second-order valence-electron chi connectivity index (χ2n) is 4.93. The third kappa shape index (κ3) is 4.36. The van der Waals surface area contributed by atoms with Crippen LogP contribution in [0.2, 0.25) is 0 Å². The van der Waals surface area contributed by atoms with Crippen LogP contribution in [-0.2, 0) is 9.53 Å². The summed E-state index contributed by atoms with van der Waals surface area (Å²) in [6.07, 6.45) is 0.388. The smallest absolute Gasteiger partial charge is 0.309 e. The average molecular weight is 238 g/mol. The number of carbonyl (C=O) groups is 1. The maximum absolute atomic E-state index is 11.6. The lowest BCUT2D eigenvalue weighted by atomic mass is 10.1. The predicted molar refractivity (Wildman–Crippen MR) is 59.8 cm³/mol. The summed E-state index contributed by atoms with van der Waals surface area (Å²) >= 11 is 0. The van der Waals surface area contributed by atoms with Gasteiger partial charge in [-0.05, 0) is 33.6 Å². The van der Waals surface area contributed by atoms with Crippen molar-refractivity contribution >= 4 is 18.4 Å². The Kier molecular flexibility index (Phi) is 5.03. The van der Waals surface area contributed by atoms with Crippen LogP contribution < -0.4 is 5.73 Å². The third-order valence-corrected chi connectivity index (χ3v) is 2.32. The Hall–Kier alpha value is -0.320. The van der Waals surface area contributed by atoms with E-state index in [0.717, 1.165) is 0 Å². The number of carbonyl (C=O) groups excluding carboxylic acids is 1. The summed E-state index contributed by atoms with van der Waals surface area (Å²) in [7, 11) is 0. The Morgan fingerprint density at radius 1 is 1.40 bits per heavy atom. The van der Waals surface area contributed by atoms with E-state index in [9.17, 15) is 9.90 Å². The molecule has 1 rings (SSSR count). The molecule has 0 aromatic rings. The molecule has 0 aliphatic heterocycles. The molecule has 0 amide bonds. The standard InChI is InChI=1S/C10H19NO3.ClH/c1-10(2,3)14-9(13)6-4-7(11)8(12)5-6;/h6-8,12H,4-5,11H2,1-3H3;1H/t6-,7+,8-;/m1./s1. The Labute approximate surface area is 96.6 Å². The summed E-state index contributed by atoms with van der Waals surface area (Å²) in [6.45, 7) is 5.49. The first kappa shape index (κ1) is 14.7. The van der Waals surface area contributed by atoms with Crippen molar-refractivity contribution in [2.24, 2.45) is 11.7 Å². The van der Waals surface area contributed by atoms with Gasteiger partial charge in [0.15, 0.2) is 0 Å². The van der Waals surface area contributed by atoms with E-state index in [4.69, 9.17) is 10.5 Å². The number of esters is 1. The average Bonchev–Trinajstić information content (AvgIpc) is 2.28. The number of ether oxygens (including phenoxy) is 1. The predicted octanol–water partition coefficient (Wildman–Crippen LogP) is 0.848. The molecule has 1 aliphatic rings. The van der Waals surface area contributed by atoms with E-state index in [1.54, 1.807) is 0 Å². The van der Waals surface area contributed by atoms with Crippen molar-refractivity contribution in [1.82, 2.24) is 0 Å². The maximum atomic E-state index is 11.6. The van der Waals surface area contributed by atoms with Crippen LogP contribution in [-0.4, -0.2) is 28.8 Å². The van der Waals surface area contributed by atoms with Crippen LogP contribution in [0, 0.1) is 5.92 Å². The highest BCUT2D eigenvalue weighted by Gasteiger charge is 2.36. The number of aliphatic hydroxyl groups is 1. The summed E-state index contributed by atoms with van der Waals surface area (Å²) in [5.41, 5.74) is 5.15. The zero-order valence-corrected chi connectivity index (χ0v) is 10.2. The topological polar surface area (TPSA) is 72.5 Å². The van der Waals surface area contributed by atoms with Gasteiger partial charge >= 0.3 is 5.97 Å². The molecule has 0 saturated heterocycles. The highest BCUT2D eigenvalue weighted by molar-refractivity contribution is 5.85. The summed E-state index contributed by atoms with van der Waals surface area (Å²) in [6, 6.07) is -0.285. The Morgan fingerprint density at radius 3 is 2.27 bits per heavy atom. The number of rotatable bonds is 1. The van der Waals surface area contributed by atoms with Crippen molar-refractivity contribution in [1.29, 1.82) is 0 Å². The largest absolute Gasteiger partial charge is 0.460 e. The quantitative estimate of drug-likeness (QED) is 0.664. The van der Waals surface area contributed by atoms with Gasteiger partial charge in [0.2, 0.25) is 0 Å². The summed E-state index contributed by atoms with van der Waals surface area (Å²) in [5, 5.41) is 9.38. The van der Waals surface area contributed by atoms with Crippen molar-refractivity contribution in [3.05, 3.63) is 0 Å². The Bertz CT molecular complexity index is 217. The van der Waals surface area contributed by atoms with Gasteiger partial charge in [0.1, 0.15) is 5.60 Å². The van der Waals surface area contributed by atoms with Gasteiger partial charge in [-0.2, -0.15) is 0 Å². The molecule has 4 nitrogen and oxygen atoms in total. The number of nitrogens with two attached hydrogens (primary N) is 1. The fourth-order valence-electron chi connectivity index (χ4n) is 1.63. The molecule has 3 N–H and O–H groups in total. The molecular formula is C10H20ClNO3. The minimum Gasteiger partial charge on any atom is -0.460 e. The SMILES string of the molecule is CC(C)(C)OC(=O)[C@H]1C[C@@H](O)[C@@H](N)C1.Cl. The molecule has 0 radical (unpaired) electrons. The molecule has 0 bridgehead atoms. The lowest BCUT2D eigenvalue weighted by molar-refractivity contribution is -0.160. The lowest BCUT2D eigenvalue weighted by Crippen LogP contribution is -2.29. The molecule has 3 atom stereocenters. The fourth-order valence-corrected chi connectivity index (χ4v) is 1.63. The van der Waals surface area contributed by atoms with Crippen LogP contribution in [0.3, 0.4) is 0 Å². The van der Waals surface area contributed by atoms with Crippen LogP contribution in [0.1, 0.15) is 33.6 Å². The van der Waals surface area contributed by atoms with Gasteiger partial charge in [-0.1, -0.05) is 0 Å². The number of hydrogen-bond donors (Lipinski definition) is 2. The second-order valence-corrected chi connectivity index (χ2v) is 4.93. The molecule has 0 spiro atoms. The van der Waals surface area contributed by atoms with E-state index in [1.807, 2.05) is 20.8 Å². The fraction of sp³-hybridized carbons (Fsp3) is 0.900. The first-order valence-electron chi connectivity index (χ1n) is 4.96. The summed E-state index contributed by atoms with van der Waals surface area (Å²) < 4.78 is 5.21.